The second kappa shape index (κ2) is 10.3. The lowest BCUT2D eigenvalue weighted by Crippen LogP contribution is -2.14. The van der Waals surface area contributed by atoms with Crippen LogP contribution in [0.2, 0.25) is 0 Å². The molecule has 1 aromatic heterocycles. The summed E-state index contributed by atoms with van der Waals surface area (Å²) >= 11 is 0. The van der Waals surface area contributed by atoms with Crippen LogP contribution in [0.15, 0.2) is 146 Å². The highest BCUT2D eigenvalue weighted by molar-refractivity contribution is 6.21. The molecular formula is C48H36N2. The summed E-state index contributed by atoms with van der Waals surface area (Å²) in [6.45, 7) is 9.40. The molecule has 238 valence electrons. The summed E-state index contributed by atoms with van der Waals surface area (Å²) < 4.78 is 0. The molecule has 0 radical (unpaired) electrons. The van der Waals surface area contributed by atoms with Gasteiger partial charge in [-0.15, -0.1) is 0 Å². The number of nitrogens with zero attached hydrogens (tertiary/aromatic N) is 2. The number of hydrogen-bond acceptors (Lipinski definition) is 2. The summed E-state index contributed by atoms with van der Waals surface area (Å²) in [6, 6.07) is 47.8. The molecule has 10 rings (SSSR count). The van der Waals surface area contributed by atoms with Crippen molar-refractivity contribution >= 4 is 21.5 Å². The van der Waals surface area contributed by atoms with Crippen LogP contribution >= 0.6 is 0 Å². The molecule has 2 nitrogen and oxygen atoms in total. The van der Waals surface area contributed by atoms with Gasteiger partial charge >= 0.3 is 0 Å². The SMILES string of the molecule is CC1(C)c2ccccc2-c2cc(-c3c4ccccc4c(-c4cnccn4)c4ccc(-c5ccc6c(c5)C(C)(C)c5ccccc5-6)cc34)ccc21. The third-order valence-electron chi connectivity index (χ3n) is 11.6. The van der Waals surface area contributed by atoms with E-state index in [2.05, 4.69) is 160 Å². The van der Waals surface area contributed by atoms with E-state index >= 15 is 0 Å². The van der Waals surface area contributed by atoms with Gasteiger partial charge in [-0.25, -0.2) is 0 Å². The molecule has 0 unspecified atom stereocenters. The van der Waals surface area contributed by atoms with Gasteiger partial charge < -0.3 is 0 Å². The maximum atomic E-state index is 4.83. The van der Waals surface area contributed by atoms with Crippen molar-refractivity contribution in [2.45, 2.75) is 38.5 Å². The first-order valence-corrected chi connectivity index (χ1v) is 17.6. The van der Waals surface area contributed by atoms with E-state index in [1.807, 2.05) is 6.20 Å². The average Bonchev–Trinajstić information content (AvgIpc) is 3.53. The van der Waals surface area contributed by atoms with Gasteiger partial charge in [0.2, 0.25) is 0 Å². The molecule has 0 N–H and O–H groups in total. The van der Waals surface area contributed by atoms with Gasteiger partial charge in [-0.3, -0.25) is 9.97 Å². The maximum Gasteiger partial charge on any atom is 0.0897 e. The van der Waals surface area contributed by atoms with E-state index in [0.29, 0.717) is 0 Å². The Morgan fingerprint density at radius 2 is 0.960 bits per heavy atom. The zero-order valence-electron chi connectivity index (χ0n) is 28.8. The Balaban J connectivity index is 1.26. The highest BCUT2D eigenvalue weighted by Gasteiger charge is 2.36. The summed E-state index contributed by atoms with van der Waals surface area (Å²) in [5.41, 5.74) is 17.7. The van der Waals surface area contributed by atoms with Crippen LogP contribution in [0.3, 0.4) is 0 Å². The van der Waals surface area contributed by atoms with Crippen molar-refractivity contribution in [1.29, 1.82) is 0 Å². The highest BCUT2D eigenvalue weighted by Crippen LogP contribution is 2.52. The molecular weight excluding hydrogens is 605 g/mol. The molecule has 0 saturated carbocycles. The van der Waals surface area contributed by atoms with Crippen LogP contribution in [-0.2, 0) is 10.8 Å². The van der Waals surface area contributed by atoms with E-state index in [1.54, 1.807) is 12.4 Å². The fraction of sp³-hybridized carbons (Fsp3) is 0.125. The maximum absolute atomic E-state index is 4.83. The van der Waals surface area contributed by atoms with Gasteiger partial charge in [0.15, 0.2) is 0 Å². The van der Waals surface area contributed by atoms with Gasteiger partial charge in [0.25, 0.3) is 0 Å². The minimum Gasteiger partial charge on any atom is -0.261 e. The van der Waals surface area contributed by atoms with Crippen molar-refractivity contribution in [2.75, 3.05) is 0 Å². The lowest BCUT2D eigenvalue weighted by molar-refractivity contribution is 0.660. The van der Waals surface area contributed by atoms with Crippen LogP contribution in [-0.4, -0.2) is 9.97 Å². The molecule has 2 aliphatic rings. The molecule has 7 aromatic carbocycles. The van der Waals surface area contributed by atoms with Crippen LogP contribution in [0.4, 0.5) is 0 Å². The van der Waals surface area contributed by atoms with Crippen molar-refractivity contribution in [2.24, 2.45) is 0 Å². The van der Waals surface area contributed by atoms with E-state index < -0.39 is 0 Å². The second-order valence-corrected chi connectivity index (χ2v) is 15.0. The number of fused-ring (bicyclic) bond motifs is 8. The molecule has 0 atom stereocenters. The predicted octanol–water partition coefficient (Wildman–Crippen LogP) is 12.4. The predicted molar refractivity (Wildman–Crippen MR) is 208 cm³/mol. The van der Waals surface area contributed by atoms with E-state index in [4.69, 9.17) is 4.98 Å². The van der Waals surface area contributed by atoms with Crippen LogP contribution in [0.25, 0.3) is 77.3 Å². The van der Waals surface area contributed by atoms with E-state index in [0.717, 1.165) is 11.3 Å². The summed E-state index contributed by atoms with van der Waals surface area (Å²) in [4.78, 5) is 9.33. The van der Waals surface area contributed by atoms with Crippen LogP contribution in [0.1, 0.15) is 49.9 Å². The first kappa shape index (κ1) is 29.1. The minimum atomic E-state index is -0.0617. The minimum absolute atomic E-state index is 0.0431. The molecule has 0 aliphatic heterocycles. The number of aromatic nitrogens is 2. The first-order valence-electron chi connectivity index (χ1n) is 17.6. The van der Waals surface area contributed by atoms with Crippen molar-refractivity contribution in [3.63, 3.8) is 0 Å². The fourth-order valence-corrected chi connectivity index (χ4v) is 9.13. The van der Waals surface area contributed by atoms with Gasteiger partial charge in [0.1, 0.15) is 0 Å². The normalized spacial score (nSPS) is 14.7. The van der Waals surface area contributed by atoms with Crippen LogP contribution < -0.4 is 0 Å². The summed E-state index contributed by atoms with van der Waals surface area (Å²) in [5, 5.41) is 4.80. The average molecular weight is 641 g/mol. The summed E-state index contributed by atoms with van der Waals surface area (Å²) in [7, 11) is 0. The van der Waals surface area contributed by atoms with Gasteiger partial charge in [0, 0.05) is 28.8 Å². The topological polar surface area (TPSA) is 25.8 Å². The molecule has 1 heterocycles. The quantitative estimate of drug-likeness (QED) is 0.180. The standard InChI is InChI=1S/C48H36N2/c1-47(2)41-16-10-8-12-33(41)38-26-31(19-22-42(38)47)45-35-13-5-6-14-36(35)46(44-28-49-23-24-50-44)37-21-18-29(25-39(37)45)30-17-20-34-32-11-7-9-15-40(32)48(3,4)43(34)27-30/h5-28H,1-4H3. The van der Waals surface area contributed by atoms with Crippen molar-refractivity contribution < 1.29 is 0 Å². The Kier molecular flexibility index (Phi) is 6.01. The summed E-state index contributed by atoms with van der Waals surface area (Å²) in [6.07, 6.45) is 5.43. The van der Waals surface area contributed by atoms with E-state index in [9.17, 15) is 0 Å². The Hall–Kier alpha value is -5.86. The molecule has 0 bridgehead atoms. The highest BCUT2D eigenvalue weighted by atomic mass is 14.8. The lowest BCUT2D eigenvalue weighted by Gasteiger charge is -2.22. The number of benzene rings is 7. The van der Waals surface area contributed by atoms with E-state index in [-0.39, 0.29) is 10.8 Å². The molecule has 50 heavy (non-hydrogen) atoms. The van der Waals surface area contributed by atoms with Crippen molar-refractivity contribution in [3.05, 3.63) is 168 Å². The number of hydrogen-bond donors (Lipinski definition) is 0. The third-order valence-corrected chi connectivity index (χ3v) is 11.6. The molecule has 8 aromatic rings. The Morgan fingerprint density at radius 1 is 0.400 bits per heavy atom. The van der Waals surface area contributed by atoms with E-state index in [1.165, 1.54) is 88.3 Å². The fourth-order valence-electron chi connectivity index (χ4n) is 9.13. The second-order valence-electron chi connectivity index (χ2n) is 15.0. The van der Waals surface area contributed by atoms with Crippen molar-refractivity contribution in [1.82, 2.24) is 9.97 Å². The molecule has 0 amide bonds. The molecule has 2 heteroatoms. The third kappa shape index (κ3) is 3.96. The Labute approximate surface area is 293 Å². The molecule has 2 aliphatic carbocycles. The Morgan fingerprint density at radius 3 is 1.70 bits per heavy atom. The van der Waals surface area contributed by atoms with Gasteiger partial charge in [-0.2, -0.15) is 0 Å². The molecule has 0 saturated heterocycles. The van der Waals surface area contributed by atoms with Gasteiger partial charge in [0.05, 0.1) is 11.9 Å². The van der Waals surface area contributed by atoms with Crippen LogP contribution in [0, 0.1) is 0 Å². The monoisotopic (exact) mass is 640 g/mol. The summed E-state index contributed by atoms with van der Waals surface area (Å²) in [5.74, 6) is 0. The van der Waals surface area contributed by atoms with Crippen molar-refractivity contribution in [3.8, 4) is 55.8 Å². The largest absolute Gasteiger partial charge is 0.261 e. The zero-order valence-corrected chi connectivity index (χ0v) is 28.8. The first-order chi connectivity index (χ1) is 24.3. The van der Waals surface area contributed by atoms with Gasteiger partial charge in [-0.05, 0) is 107 Å². The molecule has 0 fully saturated rings. The van der Waals surface area contributed by atoms with Crippen LogP contribution in [0.5, 0.6) is 0 Å². The Bertz CT molecular complexity index is 2700. The number of rotatable bonds is 3. The lowest BCUT2D eigenvalue weighted by atomic mass is 9.81. The van der Waals surface area contributed by atoms with Gasteiger partial charge in [-0.1, -0.05) is 137 Å². The zero-order chi connectivity index (χ0) is 33.8. The molecule has 0 spiro atoms. The smallest absolute Gasteiger partial charge is 0.0897 e.